The molecule has 9 heteroatoms. The molecule has 0 spiro atoms. The zero-order valence-electron chi connectivity index (χ0n) is 13.9. The van der Waals surface area contributed by atoms with E-state index < -0.39 is 30.3 Å². The predicted octanol–water partition coefficient (Wildman–Crippen LogP) is 3.00. The van der Waals surface area contributed by atoms with Crippen LogP contribution in [0.5, 0.6) is 0 Å². The second-order valence-corrected chi connectivity index (χ2v) is 5.66. The minimum absolute atomic E-state index is 0.0368. The van der Waals surface area contributed by atoms with Gasteiger partial charge in [-0.3, -0.25) is 10.1 Å². The number of urea groups is 1. The topological polar surface area (TPSA) is 97.4 Å². The number of nitrogens with one attached hydrogen (secondary N) is 2. The summed E-state index contributed by atoms with van der Waals surface area (Å²) in [5.74, 6) is -2.38. The van der Waals surface area contributed by atoms with E-state index in [9.17, 15) is 18.8 Å². The maximum Gasteiger partial charge on any atom is 0.342 e. The lowest BCUT2D eigenvalue weighted by atomic mass is 10.1. The molecule has 0 saturated carbocycles. The van der Waals surface area contributed by atoms with Gasteiger partial charge in [0, 0.05) is 5.69 Å². The Bertz CT molecular complexity index is 850. The van der Waals surface area contributed by atoms with Crippen LogP contribution in [0.2, 0.25) is 5.15 Å². The summed E-state index contributed by atoms with van der Waals surface area (Å²) in [6.45, 7) is 2.65. The van der Waals surface area contributed by atoms with E-state index in [-0.39, 0.29) is 16.4 Å². The van der Waals surface area contributed by atoms with Crippen LogP contribution in [0, 0.1) is 19.7 Å². The Hall–Kier alpha value is -3.00. The van der Waals surface area contributed by atoms with Gasteiger partial charge < -0.3 is 10.1 Å². The highest BCUT2D eigenvalue weighted by Gasteiger charge is 2.19. The highest BCUT2D eigenvalue weighted by molar-refractivity contribution is 6.32. The van der Waals surface area contributed by atoms with E-state index in [2.05, 4.69) is 10.3 Å². The molecule has 0 atom stereocenters. The summed E-state index contributed by atoms with van der Waals surface area (Å²) in [5.41, 5.74) is 1.13. The number of aryl methyl sites for hydroxylation is 2. The number of anilines is 1. The largest absolute Gasteiger partial charge is 0.452 e. The molecule has 3 amide bonds. The van der Waals surface area contributed by atoms with E-state index in [1.54, 1.807) is 19.9 Å². The number of pyridine rings is 1. The van der Waals surface area contributed by atoms with Gasteiger partial charge in [-0.25, -0.2) is 19.0 Å². The molecule has 136 valence electrons. The lowest BCUT2D eigenvalue weighted by Crippen LogP contribution is -2.37. The highest BCUT2D eigenvalue weighted by Crippen LogP contribution is 2.19. The summed E-state index contributed by atoms with van der Waals surface area (Å²) in [7, 11) is 0. The Morgan fingerprint density at radius 1 is 1.23 bits per heavy atom. The summed E-state index contributed by atoms with van der Waals surface area (Å²) in [5, 5.41) is 4.05. The number of ether oxygens (including phenoxy) is 1. The number of hydrogen-bond donors (Lipinski definition) is 2. The van der Waals surface area contributed by atoms with Gasteiger partial charge in [0.05, 0.1) is 11.3 Å². The van der Waals surface area contributed by atoms with Crippen molar-refractivity contribution in [1.29, 1.82) is 0 Å². The SMILES string of the molecule is Cc1cc(C)c(C(=O)OCC(=O)NC(=O)Nc2ccccc2F)c(Cl)n1. The Morgan fingerprint density at radius 3 is 2.58 bits per heavy atom. The van der Waals surface area contributed by atoms with Crippen LogP contribution < -0.4 is 10.6 Å². The first kappa shape index (κ1) is 19.3. The van der Waals surface area contributed by atoms with Gasteiger partial charge in [-0.05, 0) is 37.6 Å². The molecule has 2 aromatic rings. The molecule has 0 bridgehead atoms. The maximum atomic E-state index is 13.4. The Labute approximate surface area is 153 Å². The van der Waals surface area contributed by atoms with E-state index in [1.807, 2.05) is 5.32 Å². The second kappa shape index (κ2) is 8.39. The van der Waals surface area contributed by atoms with Crippen molar-refractivity contribution in [3.8, 4) is 0 Å². The Kier molecular flexibility index (Phi) is 6.24. The molecular formula is C17H15ClFN3O4. The number of para-hydroxylation sites is 1. The van der Waals surface area contributed by atoms with Gasteiger partial charge in [0.2, 0.25) is 0 Å². The lowest BCUT2D eigenvalue weighted by molar-refractivity contribution is -0.123. The molecule has 0 aliphatic carbocycles. The summed E-state index contributed by atoms with van der Waals surface area (Å²) < 4.78 is 18.3. The van der Waals surface area contributed by atoms with Gasteiger partial charge in [0.15, 0.2) is 6.61 Å². The average Bonchev–Trinajstić information content (AvgIpc) is 2.54. The number of rotatable bonds is 4. The van der Waals surface area contributed by atoms with E-state index >= 15 is 0 Å². The molecule has 0 unspecified atom stereocenters. The summed E-state index contributed by atoms with van der Waals surface area (Å²) in [6, 6.07) is 6.14. The van der Waals surface area contributed by atoms with Crippen LogP contribution in [-0.4, -0.2) is 29.5 Å². The summed E-state index contributed by atoms with van der Waals surface area (Å²) >= 11 is 5.92. The number of halogens is 2. The molecule has 26 heavy (non-hydrogen) atoms. The molecule has 0 fully saturated rings. The molecule has 2 rings (SSSR count). The minimum Gasteiger partial charge on any atom is -0.452 e. The predicted molar refractivity (Wildman–Crippen MR) is 92.6 cm³/mol. The van der Waals surface area contributed by atoms with Gasteiger partial charge in [-0.15, -0.1) is 0 Å². The summed E-state index contributed by atoms with van der Waals surface area (Å²) in [4.78, 5) is 39.3. The quantitative estimate of drug-likeness (QED) is 0.628. The molecule has 0 aliphatic heterocycles. The number of carbonyl (C=O) groups is 3. The third kappa shape index (κ3) is 5.00. The van der Waals surface area contributed by atoms with Crippen molar-refractivity contribution in [2.45, 2.75) is 13.8 Å². The van der Waals surface area contributed by atoms with E-state index in [4.69, 9.17) is 16.3 Å². The monoisotopic (exact) mass is 379 g/mol. The van der Waals surface area contributed by atoms with Crippen LogP contribution in [0.4, 0.5) is 14.9 Å². The molecule has 1 aromatic heterocycles. The molecular weight excluding hydrogens is 365 g/mol. The number of esters is 1. The molecule has 0 aliphatic rings. The first-order valence-corrected chi connectivity index (χ1v) is 7.82. The van der Waals surface area contributed by atoms with E-state index in [1.165, 1.54) is 18.2 Å². The third-order valence-electron chi connectivity index (χ3n) is 3.21. The van der Waals surface area contributed by atoms with Crippen LogP contribution in [0.1, 0.15) is 21.6 Å². The van der Waals surface area contributed by atoms with Crippen molar-refractivity contribution < 1.29 is 23.5 Å². The van der Waals surface area contributed by atoms with Crippen LogP contribution in [0.15, 0.2) is 30.3 Å². The highest BCUT2D eigenvalue weighted by atomic mass is 35.5. The van der Waals surface area contributed by atoms with Gasteiger partial charge in [-0.1, -0.05) is 23.7 Å². The van der Waals surface area contributed by atoms with E-state index in [0.29, 0.717) is 11.3 Å². The molecule has 1 aromatic carbocycles. The fraction of sp³-hybridized carbons (Fsp3) is 0.176. The minimum atomic E-state index is -0.956. The van der Waals surface area contributed by atoms with Crippen molar-refractivity contribution in [3.05, 3.63) is 58.1 Å². The van der Waals surface area contributed by atoms with Crippen molar-refractivity contribution in [1.82, 2.24) is 10.3 Å². The van der Waals surface area contributed by atoms with E-state index in [0.717, 1.165) is 6.07 Å². The average molecular weight is 380 g/mol. The lowest BCUT2D eigenvalue weighted by Gasteiger charge is -2.10. The van der Waals surface area contributed by atoms with Gasteiger partial charge >= 0.3 is 12.0 Å². The van der Waals surface area contributed by atoms with Gasteiger partial charge in [0.1, 0.15) is 11.0 Å². The number of hydrogen-bond acceptors (Lipinski definition) is 5. The van der Waals surface area contributed by atoms with Crippen molar-refractivity contribution in [2.75, 3.05) is 11.9 Å². The van der Waals surface area contributed by atoms with Crippen LogP contribution in [-0.2, 0) is 9.53 Å². The van der Waals surface area contributed by atoms with Gasteiger partial charge in [-0.2, -0.15) is 0 Å². The van der Waals surface area contributed by atoms with Crippen LogP contribution in [0.3, 0.4) is 0 Å². The first-order chi connectivity index (χ1) is 12.3. The van der Waals surface area contributed by atoms with Crippen molar-refractivity contribution in [3.63, 3.8) is 0 Å². The number of benzene rings is 1. The Morgan fingerprint density at radius 2 is 1.92 bits per heavy atom. The second-order valence-electron chi connectivity index (χ2n) is 5.30. The normalized spacial score (nSPS) is 10.2. The Balaban J connectivity index is 1.90. The summed E-state index contributed by atoms with van der Waals surface area (Å²) in [6.07, 6.45) is 0. The number of imide groups is 1. The first-order valence-electron chi connectivity index (χ1n) is 7.44. The molecule has 1 heterocycles. The van der Waals surface area contributed by atoms with Gasteiger partial charge in [0.25, 0.3) is 5.91 Å². The molecule has 0 saturated heterocycles. The molecule has 0 radical (unpaired) electrons. The van der Waals surface area contributed by atoms with Crippen molar-refractivity contribution >= 4 is 35.2 Å². The number of carbonyl (C=O) groups excluding carboxylic acids is 3. The smallest absolute Gasteiger partial charge is 0.342 e. The number of nitrogens with zero attached hydrogens (tertiary/aromatic N) is 1. The fourth-order valence-electron chi connectivity index (χ4n) is 2.12. The zero-order valence-corrected chi connectivity index (χ0v) is 14.7. The standard InChI is InChI=1S/C17H15ClFN3O4/c1-9-7-10(2)20-15(18)14(9)16(24)26-8-13(23)22-17(25)21-12-6-4-3-5-11(12)19/h3-7H,8H2,1-2H3,(H2,21,22,23,25). The number of amides is 3. The number of aromatic nitrogens is 1. The molecule has 7 nitrogen and oxygen atoms in total. The van der Waals surface area contributed by atoms with Crippen molar-refractivity contribution in [2.24, 2.45) is 0 Å². The fourth-order valence-corrected chi connectivity index (χ4v) is 2.48. The molecule has 2 N–H and O–H groups in total. The van der Waals surface area contributed by atoms with Crippen LogP contribution >= 0.6 is 11.6 Å². The maximum absolute atomic E-state index is 13.4. The van der Waals surface area contributed by atoms with Crippen LogP contribution in [0.25, 0.3) is 0 Å². The third-order valence-corrected chi connectivity index (χ3v) is 3.49. The zero-order chi connectivity index (χ0) is 19.3.